The molecular formula is C24H36O2. The Morgan fingerprint density at radius 3 is 1.73 bits per heavy atom. The largest absolute Gasteiger partial charge is 0.463 e. The topological polar surface area (TPSA) is 26.3 Å². The van der Waals surface area contributed by atoms with Crippen molar-refractivity contribution in [3.8, 4) is 0 Å². The molecule has 144 valence electrons. The van der Waals surface area contributed by atoms with Gasteiger partial charge in [-0.05, 0) is 19.8 Å². The molecule has 0 spiro atoms. The highest BCUT2D eigenvalue weighted by atomic mass is 16.5. The zero-order valence-corrected chi connectivity index (χ0v) is 16.6. The minimum atomic E-state index is -0.314. The number of esters is 1. The van der Waals surface area contributed by atoms with Crippen LogP contribution in [0.3, 0.4) is 0 Å². The van der Waals surface area contributed by atoms with Crippen LogP contribution in [0.25, 0.3) is 0 Å². The first-order valence-corrected chi connectivity index (χ1v) is 9.97. The van der Waals surface area contributed by atoms with Crippen molar-refractivity contribution in [1.82, 2.24) is 0 Å². The molecule has 0 unspecified atom stereocenters. The number of unbranched alkanes of at least 4 members (excludes halogenated alkanes) is 7. The number of hydrogen-bond donors (Lipinski definition) is 0. The van der Waals surface area contributed by atoms with Crippen LogP contribution >= 0.6 is 0 Å². The zero-order chi connectivity index (χ0) is 19.1. The zero-order valence-electron chi connectivity index (χ0n) is 16.6. The molecule has 0 aromatic heterocycles. The Balaban J connectivity index is 3.64. The maximum absolute atomic E-state index is 11.0. The summed E-state index contributed by atoms with van der Waals surface area (Å²) in [5.41, 5.74) is 0. The normalized spacial score (nSPS) is 12.8. The third kappa shape index (κ3) is 20.0. The highest BCUT2D eigenvalue weighted by Crippen LogP contribution is 2.08. The van der Waals surface area contributed by atoms with E-state index in [1.165, 1.54) is 57.4 Å². The number of carbonyl (C=O) groups excluding carboxylic acids is 1. The SMILES string of the molecule is CCCCCCCCCC=CC=CC=CC=CC=CC=CC(=O)OCC. The van der Waals surface area contributed by atoms with Crippen LogP contribution in [0.2, 0.25) is 0 Å². The second-order valence-corrected chi connectivity index (χ2v) is 5.99. The van der Waals surface area contributed by atoms with Gasteiger partial charge >= 0.3 is 5.97 Å². The lowest BCUT2D eigenvalue weighted by atomic mass is 10.1. The predicted octanol–water partition coefficient (Wildman–Crippen LogP) is 7.03. The number of allylic oxidation sites excluding steroid dienone is 11. The molecule has 0 saturated heterocycles. The molecule has 2 heteroatoms. The van der Waals surface area contributed by atoms with Crippen molar-refractivity contribution in [3.05, 3.63) is 72.9 Å². The van der Waals surface area contributed by atoms with Crippen molar-refractivity contribution in [2.45, 2.75) is 65.2 Å². The Kier molecular flexibility index (Phi) is 19.3. The van der Waals surface area contributed by atoms with Crippen molar-refractivity contribution in [2.75, 3.05) is 6.61 Å². The Hall–Kier alpha value is -2.09. The average Bonchev–Trinajstić information content (AvgIpc) is 2.64. The number of carbonyl (C=O) groups is 1. The summed E-state index contributed by atoms with van der Waals surface area (Å²) in [6.45, 7) is 4.45. The fourth-order valence-electron chi connectivity index (χ4n) is 2.23. The molecule has 0 saturated carbocycles. The second kappa shape index (κ2) is 21.0. The average molecular weight is 357 g/mol. The van der Waals surface area contributed by atoms with E-state index in [1.54, 1.807) is 19.1 Å². The summed E-state index contributed by atoms with van der Waals surface area (Å²) in [6.07, 6.45) is 33.7. The molecule has 0 aromatic carbocycles. The van der Waals surface area contributed by atoms with Gasteiger partial charge in [0.2, 0.25) is 0 Å². The summed E-state index contributed by atoms with van der Waals surface area (Å²) in [4.78, 5) is 11.0. The molecule has 0 bridgehead atoms. The predicted molar refractivity (Wildman–Crippen MR) is 114 cm³/mol. The molecule has 0 amide bonds. The Morgan fingerprint density at radius 2 is 1.15 bits per heavy atom. The van der Waals surface area contributed by atoms with Gasteiger partial charge in [0.05, 0.1) is 6.61 Å². The molecule has 0 fully saturated rings. The van der Waals surface area contributed by atoms with Gasteiger partial charge in [0.25, 0.3) is 0 Å². The Morgan fingerprint density at radius 1 is 0.654 bits per heavy atom. The van der Waals surface area contributed by atoms with Crippen LogP contribution in [0.1, 0.15) is 65.2 Å². The summed E-state index contributed by atoms with van der Waals surface area (Å²) >= 11 is 0. The summed E-state index contributed by atoms with van der Waals surface area (Å²) < 4.78 is 4.78. The summed E-state index contributed by atoms with van der Waals surface area (Å²) in [5, 5.41) is 0. The van der Waals surface area contributed by atoms with Crippen molar-refractivity contribution in [3.63, 3.8) is 0 Å². The lowest BCUT2D eigenvalue weighted by Gasteiger charge is -1.98. The Labute approximate surface area is 160 Å². The van der Waals surface area contributed by atoms with Crippen molar-refractivity contribution >= 4 is 5.97 Å². The molecular weight excluding hydrogens is 320 g/mol. The van der Waals surface area contributed by atoms with Crippen molar-refractivity contribution in [1.29, 1.82) is 0 Å². The van der Waals surface area contributed by atoms with Crippen molar-refractivity contribution < 1.29 is 9.53 Å². The standard InChI is InChI=1S/C24H36O2/c1-3-5-6-7-8-9-10-11-12-13-14-15-16-17-18-19-20-21-22-23-24(25)26-4-2/h12-23H,3-11H2,1-2H3. The van der Waals surface area contributed by atoms with E-state index in [-0.39, 0.29) is 5.97 Å². The van der Waals surface area contributed by atoms with Gasteiger partial charge < -0.3 is 4.74 Å². The fraction of sp³-hybridized carbons (Fsp3) is 0.458. The molecule has 0 aliphatic carbocycles. The quantitative estimate of drug-likeness (QED) is 0.136. The van der Waals surface area contributed by atoms with E-state index in [1.807, 2.05) is 36.5 Å². The second-order valence-electron chi connectivity index (χ2n) is 5.99. The molecule has 2 nitrogen and oxygen atoms in total. The van der Waals surface area contributed by atoms with Crippen LogP contribution in [0.15, 0.2) is 72.9 Å². The molecule has 0 N–H and O–H groups in total. The van der Waals surface area contributed by atoms with E-state index in [2.05, 4.69) is 25.2 Å². The van der Waals surface area contributed by atoms with Gasteiger partial charge in [0.1, 0.15) is 0 Å². The van der Waals surface area contributed by atoms with Crippen LogP contribution in [-0.4, -0.2) is 12.6 Å². The molecule has 0 aromatic rings. The van der Waals surface area contributed by atoms with Gasteiger partial charge in [-0.3, -0.25) is 0 Å². The van der Waals surface area contributed by atoms with E-state index >= 15 is 0 Å². The fourth-order valence-corrected chi connectivity index (χ4v) is 2.23. The maximum Gasteiger partial charge on any atom is 0.330 e. The molecule has 0 heterocycles. The van der Waals surface area contributed by atoms with Gasteiger partial charge in [0, 0.05) is 6.08 Å². The molecule has 0 rings (SSSR count). The van der Waals surface area contributed by atoms with Crippen molar-refractivity contribution in [2.24, 2.45) is 0 Å². The van der Waals surface area contributed by atoms with E-state index in [9.17, 15) is 4.79 Å². The monoisotopic (exact) mass is 356 g/mol. The van der Waals surface area contributed by atoms with E-state index in [0.29, 0.717) is 6.61 Å². The number of ether oxygens (including phenoxy) is 1. The highest BCUT2D eigenvalue weighted by Gasteiger charge is 1.89. The lowest BCUT2D eigenvalue weighted by Crippen LogP contribution is -1.98. The third-order valence-corrected chi connectivity index (χ3v) is 3.63. The first kappa shape index (κ1) is 23.9. The van der Waals surface area contributed by atoms with Gasteiger partial charge in [-0.25, -0.2) is 4.79 Å². The van der Waals surface area contributed by atoms with E-state index in [0.717, 1.165) is 0 Å². The summed E-state index contributed by atoms with van der Waals surface area (Å²) in [5.74, 6) is -0.314. The lowest BCUT2D eigenvalue weighted by molar-refractivity contribution is -0.137. The molecule has 0 radical (unpaired) electrons. The molecule has 0 aliphatic rings. The van der Waals surface area contributed by atoms with Crippen LogP contribution < -0.4 is 0 Å². The molecule has 0 atom stereocenters. The number of hydrogen-bond acceptors (Lipinski definition) is 2. The van der Waals surface area contributed by atoms with Crippen LogP contribution in [0, 0.1) is 0 Å². The van der Waals surface area contributed by atoms with Gasteiger partial charge in [-0.15, -0.1) is 0 Å². The van der Waals surface area contributed by atoms with Gasteiger partial charge in [-0.2, -0.15) is 0 Å². The smallest absolute Gasteiger partial charge is 0.330 e. The third-order valence-electron chi connectivity index (χ3n) is 3.63. The van der Waals surface area contributed by atoms with E-state index < -0.39 is 0 Å². The molecule has 26 heavy (non-hydrogen) atoms. The van der Waals surface area contributed by atoms with Gasteiger partial charge in [0.15, 0.2) is 0 Å². The number of rotatable bonds is 15. The molecule has 0 aliphatic heterocycles. The van der Waals surface area contributed by atoms with Crippen LogP contribution in [0.5, 0.6) is 0 Å². The first-order chi connectivity index (χ1) is 12.8. The first-order valence-electron chi connectivity index (χ1n) is 9.97. The minimum Gasteiger partial charge on any atom is -0.463 e. The minimum absolute atomic E-state index is 0.314. The highest BCUT2D eigenvalue weighted by molar-refractivity contribution is 5.82. The summed E-state index contributed by atoms with van der Waals surface area (Å²) in [6, 6.07) is 0. The van der Waals surface area contributed by atoms with Gasteiger partial charge in [-0.1, -0.05) is 112 Å². The Bertz CT molecular complexity index is 490. The maximum atomic E-state index is 11.0. The van der Waals surface area contributed by atoms with E-state index in [4.69, 9.17) is 4.74 Å². The summed E-state index contributed by atoms with van der Waals surface area (Å²) in [7, 11) is 0. The van der Waals surface area contributed by atoms with Crippen LogP contribution in [0.4, 0.5) is 0 Å². The van der Waals surface area contributed by atoms with Crippen LogP contribution in [-0.2, 0) is 9.53 Å².